The van der Waals surface area contributed by atoms with E-state index < -0.39 is 0 Å². The van der Waals surface area contributed by atoms with Gasteiger partial charge in [0.2, 0.25) is 0 Å². The smallest absolute Gasteiger partial charge is 0.00878 e. The van der Waals surface area contributed by atoms with Gasteiger partial charge in [0.25, 0.3) is 0 Å². The van der Waals surface area contributed by atoms with Crippen LogP contribution in [-0.2, 0) is 0 Å². The number of hydrogen-bond acceptors (Lipinski definition) is 2. The molecule has 0 aromatic rings. The van der Waals surface area contributed by atoms with E-state index in [-0.39, 0.29) is 10.2 Å². The first kappa shape index (κ1) is 35.6. The number of rotatable bonds is 22. The molecule has 0 amide bonds. The molecule has 0 aliphatic carbocycles. The van der Waals surface area contributed by atoms with E-state index in [1.54, 1.807) is 0 Å². The van der Waals surface area contributed by atoms with Crippen molar-refractivity contribution in [2.45, 2.75) is 142 Å². The molecule has 0 spiro atoms. The molecule has 0 fully saturated rings. The second-order valence-electron chi connectivity index (χ2n) is 12.1. The molecule has 0 aromatic carbocycles. The Balaban J connectivity index is 4.32. The Kier molecular flexibility index (Phi) is 20.0. The van der Waals surface area contributed by atoms with Crippen molar-refractivity contribution >= 4 is 33.6 Å². The zero-order valence-electron chi connectivity index (χ0n) is 25.0. The summed E-state index contributed by atoms with van der Waals surface area (Å²) < 4.78 is 0.138. The van der Waals surface area contributed by atoms with E-state index in [4.69, 9.17) is 12.6 Å². The van der Waals surface area contributed by atoms with Crippen LogP contribution in [0, 0.1) is 23.2 Å². The lowest BCUT2D eigenvalue weighted by atomic mass is 9.66. The first-order valence-corrected chi connectivity index (χ1v) is 17.1. The maximum absolute atomic E-state index is 4.86. The van der Waals surface area contributed by atoms with Crippen molar-refractivity contribution in [3.63, 3.8) is 0 Å². The van der Waals surface area contributed by atoms with Gasteiger partial charge in [0, 0.05) is 15.4 Å². The fraction of sp³-hybridized carbons (Fsp3) is 0.875. The van der Waals surface area contributed by atoms with Crippen LogP contribution in [-0.4, -0.2) is 21.9 Å². The van der Waals surface area contributed by atoms with E-state index in [2.05, 4.69) is 95.1 Å². The van der Waals surface area contributed by atoms with E-state index in [1.807, 2.05) is 0 Å². The molecule has 3 heteroatoms. The van der Waals surface area contributed by atoms with Gasteiger partial charge < -0.3 is 0 Å². The highest BCUT2D eigenvalue weighted by Gasteiger charge is 2.33. The summed E-state index contributed by atoms with van der Waals surface area (Å²) in [5.41, 5.74) is 1.56. The highest BCUT2D eigenvalue weighted by atomic mass is 32.2. The molecule has 0 bridgehead atoms. The third kappa shape index (κ3) is 15.6. The van der Waals surface area contributed by atoms with Crippen LogP contribution in [0.15, 0.2) is 24.3 Å². The molecule has 0 N–H and O–H groups in total. The van der Waals surface area contributed by atoms with E-state index in [0.717, 1.165) is 17.1 Å². The van der Waals surface area contributed by atoms with Crippen LogP contribution >= 0.6 is 33.6 Å². The first-order valence-electron chi connectivity index (χ1n) is 14.8. The van der Waals surface area contributed by atoms with Gasteiger partial charge in [0.1, 0.15) is 0 Å². The van der Waals surface area contributed by atoms with Crippen LogP contribution in [0.1, 0.15) is 132 Å². The maximum Gasteiger partial charge on any atom is 0.00878 e. The summed E-state index contributed by atoms with van der Waals surface area (Å²) in [6.07, 6.45) is 21.7. The number of thiol groups is 1. The van der Waals surface area contributed by atoms with Crippen molar-refractivity contribution in [3.05, 3.63) is 24.3 Å². The van der Waals surface area contributed by atoms with Gasteiger partial charge in [-0.3, -0.25) is 0 Å². The second kappa shape index (κ2) is 19.6. The molecule has 0 saturated heterocycles. The van der Waals surface area contributed by atoms with E-state index in [0.29, 0.717) is 5.92 Å². The Morgan fingerprint density at radius 1 is 0.971 bits per heavy atom. The van der Waals surface area contributed by atoms with Crippen molar-refractivity contribution < 1.29 is 0 Å². The summed E-state index contributed by atoms with van der Waals surface area (Å²) in [7, 11) is 2.87. The minimum absolute atomic E-state index is 0.130. The summed E-state index contributed by atoms with van der Waals surface area (Å²) in [6, 6.07) is 0. The summed E-state index contributed by atoms with van der Waals surface area (Å²) >= 11 is 7.07. The topological polar surface area (TPSA) is 0 Å². The monoisotopic (exact) mass is 542 g/mol. The summed E-state index contributed by atoms with van der Waals surface area (Å²) in [4.78, 5) is 0. The molecule has 0 saturated carbocycles. The fourth-order valence-electron chi connectivity index (χ4n) is 5.40. The molecular weight excluding hydrogens is 479 g/mol. The van der Waals surface area contributed by atoms with Crippen molar-refractivity contribution in [3.8, 4) is 0 Å². The van der Waals surface area contributed by atoms with Gasteiger partial charge in [0.15, 0.2) is 0 Å². The predicted octanol–water partition coefficient (Wildman–Crippen LogP) is 11.4. The van der Waals surface area contributed by atoms with Crippen LogP contribution in [0.5, 0.6) is 0 Å². The van der Waals surface area contributed by atoms with Crippen molar-refractivity contribution in [1.29, 1.82) is 0 Å². The largest absolute Gasteiger partial charge is 0.173 e. The van der Waals surface area contributed by atoms with Gasteiger partial charge in [-0.25, -0.2) is 0 Å². The van der Waals surface area contributed by atoms with Gasteiger partial charge in [-0.05, 0) is 75.1 Å². The number of hydrogen-bond donors (Lipinski definition) is 1. The Labute approximate surface area is 234 Å². The Hall–Kier alpha value is 0.610. The first-order chi connectivity index (χ1) is 16.4. The molecule has 208 valence electrons. The lowest BCUT2D eigenvalue weighted by molar-refractivity contribution is 0.228. The maximum atomic E-state index is 4.86. The van der Waals surface area contributed by atoms with Gasteiger partial charge in [0.05, 0.1) is 0 Å². The normalized spacial score (nSPS) is 17.8. The zero-order chi connectivity index (χ0) is 26.9. The van der Waals surface area contributed by atoms with E-state index in [1.165, 1.54) is 94.5 Å². The molecule has 0 heterocycles. The van der Waals surface area contributed by atoms with Gasteiger partial charge in [-0.15, -0.1) is 9.24 Å². The Bertz CT molecular complexity index is 564. The standard InChI is InChI=1S/C32H63PS2/c1-10-22-32(9,28(5)26(3)11-2)27(4)20-16-13-12-14-19-24-35-29(6)30(25-31(7,8)34)21-17-15-18-23-33/h10,22,26,28-30,34H,4,11-21,23-25,33H2,1-3,5-9H3/b22-10+. The van der Waals surface area contributed by atoms with Crippen LogP contribution in [0.3, 0.4) is 0 Å². The molecule has 35 heavy (non-hydrogen) atoms. The quantitative estimate of drug-likeness (QED) is 0.0614. The highest BCUT2D eigenvalue weighted by molar-refractivity contribution is 7.99. The van der Waals surface area contributed by atoms with E-state index >= 15 is 0 Å². The lowest BCUT2D eigenvalue weighted by Crippen LogP contribution is -2.30. The fourth-order valence-corrected chi connectivity index (χ4v) is 7.17. The number of unbranched alkanes of at least 4 members (excludes halogenated alkanes) is 6. The van der Waals surface area contributed by atoms with E-state index in [9.17, 15) is 0 Å². The van der Waals surface area contributed by atoms with Crippen LogP contribution in [0.25, 0.3) is 0 Å². The summed E-state index contributed by atoms with van der Waals surface area (Å²) in [5, 5.41) is 0.748. The van der Waals surface area contributed by atoms with Crippen molar-refractivity contribution in [1.82, 2.24) is 0 Å². The Morgan fingerprint density at radius 3 is 2.14 bits per heavy atom. The average Bonchev–Trinajstić information content (AvgIpc) is 2.80. The third-order valence-corrected chi connectivity index (χ3v) is 10.5. The van der Waals surface area contributed by atoms with Crippen LogP contribution in [0.4, 0.5) is 0 Å². The zero-order valence-corrected chi connectivity index (χ0v) is 27.9. The lowest BCUT2D eigenvalue weighted by Gasteiger charge is -2.38. The average molecular weight is 543 g/mol. The van der Waals surface area contributed by atoms with Crippen LogP contribution < -0.4 is 0 Å². The van der Waals surface area contributed by atoms with Gasteiger partial charge >= 0.3 is 0 Å². The third-order valence-electron chi connectivity index (χ3n) is 8.43. The molecule has 0 radical (unpaired) electrons. The molecule has 0 aromatic heterocycles. The molecule has 0 aliphatic heterocycles. The molecule has 0 aliphatic rings. The van der Waals surface area contributed by atoms with Crippen LogP contribution in [0.2, 0.25) is 0 Å². The molecule has 6 unspecified atom stereocenters. The Morgan fingerprint density at radius 2 is 1.57 bits per heavy atom. The van der Waals surface area contributed by atoms with Crippen molar-refractivity contribution in [2.24, 2.45) is 23.2 Å². The predicted molar refractivity (Wildman–Crippen MR) is 175 cm³/mol. The molecule has 6 atom stereocenters. The molecular formula is C32H63PS2. The SMILES string of the molecule is C=C(CCCCCCCSC(C)C(CCCCCP)CC(C)(C)S)C(C)(/C=C/C)C(C)C(C)CC. The summed E-state index contributed by atoms with van der Waals surface area (Å²) in [6.45, 7) is 23.3. The highest BCUT2D eigenvalue weighted by Crippen LogP contribution is 2.43. The molecule has 0 nitrogen and oxygen atoms in total. The molecule has 0 rings (SSSR count). The van der Waals surface area contributed by atoms with Gasteiger partial charge in [-0.1, -0.05) is 111 Å². The number of thioether (sulfide) groups is 1. The van der Waals surface area contributed by atoms with Crippen molar-refractivity contribution in [2.75, 3.05) is 11.9 Å². The summed E-state index contributed by atoms with van der Waals surface area (Å²) in [5.74, 6) is 3.47. The minimum atomic E-state index is 0.130. The number of allylic oxidation sites excluding steroid dienone is 3. The minimum Gasteiger partial charge on any atom is -0.173 e. The van der Waals surface area contributed by atoms with Gasteiger partial charge in [-0.2, -0.15) is 24.4 Å². The second-order valence-corrected chi connectivity index (χ2v) is 15.3.